The van der Waals surface area contributed by atoms with Crippen molar-refractivity contribution in [3.8, 4) is 28.7 Å². The van der Waals surface area contributed by atoms with Crippen LogP contribution in [0.5, 0.6) is 5.75 Å². The summed E-state index contributed by atoms with van der Waals surface area (Å²) in [6.07, 6.45) is 0. The first-order chi connectivity index (χ1) is 15.7. The average Bonchev–Trinajstić information content (AvgIpc) is 3.35. The lowest BCUT2D eigenvalue weighted by Crippen LogP contribution is -2.46. The van der Waals surface area contributed by atoms with Crippen LogP contribution in [0.25, 0.3) is 23.0 Å². The van der Waals surface area contributed by atoms with Crippen molar-refractivity contribution < 1.29 is 13.7 Å². The first kappa shape index (κ1) is 19.9. The summed E-state index contributed by atoms with van der Waals surface area (Å²) in [7, 11) is 1.67. The smallest absolute Gasteiger partial charge is 0.278 e. The van der Waals surface area contributed by atoms with Crippen molar-refractivity contribution in [2.45, 2.75) is 0 Å². The largest absolute Gasteiger partial charge is 0.497 e. The van der Waals surface area contributed by atoms with Crippen molar-refractivity contribution in [1.82, 2.24) is 20.3 Å². The van der Waals surface area contributed by atoms with E-state index in [1.165, 1.54) is 17.8 Å². The molecule has 0 unspecified atom stereocenters. The van der Waals surface area contributed by atoms with Crippen molar-refractivity contribution in [2.24, 2.45) is 0 Å². The minimum atomic E-state index is -0.316. The van der Waals surface area contributed by atoms with Gasteiger partial charge in [0.05, 0.1) is 7.11 Å². The fourth-order valence-electron chi connectivity index (χ4n) is 3.64. The first-order valence-corrected chi connectivity index (χ1v) is 10.3. The van der Waals surface area contributed by atoms with Crippen LogP contribution < -0.4 is 14.5 Å². The molecule has 0 N–H and O–H groups in total. The zero-order chi connectivity index (χ0) is 21.9. The molecule has 1 saturated heterocycles. The van der Waals surface area contributed by atoms with E-state index in [1.54, 1.807) is 19.2 Å². The van der Waals surface area contributed by atoms with Crippen LogP contribution in [0, 0.1) is 5.82 Å². The molecule has 1 aliphatic rings. The molecule has 1 fully saturated rings. The molecular weight excluding hydrogens is 411 g/mol. The molecule has 0 atom stereocenters. The molecule has 162 valence electrons. The molecule has 0 saturated carbocycles. The Morgan fingerprint density at radius 1 is 0.844 bits per heavy atom. The molecule has 0 amide bonds. The van der Waals surface area contributed by atoms with Crippen LogP contribution in [-0.2, 0) is 0 Å². The van der Waals surface area contributed by atoms with Crippen LogP contribution in [0.1, 0.15) is 0 Å². The van der Waals surface area contributed by atoms with Crippen LogP contribution in [0.3, 0.4) is 0 Å². The third-order valence-corrected chi connectivity index (χ3v) is 5.44. The van der Waals surface area contributed by atoms with Gasteiger partial charge in [-0.3, -0.25) is 0 Å². The Hall–Kier alpha value is -4.01. The molecule has 3 heterocycles. The normalized spacial score (nSPS) is 13.9. The van der Waals surface area contributed by atoms with E-state index < -0.39 is 0 Å². The lowest BCUT2D eigenvalue weighted by Gasteiger charge is -2.36. The predicted octanol–water partition coefficient (Wildman–Crippen LogP) is 3.67. The maximum atomic E-state index is 13.1. The highest BCUT2D eigenvalue weighted by molar-refractivity contribution is 5.58. The topological polar surface area (TPSA) is 80.4 Å². The zero-order valence-electron chi connectivity index (χ0n) is 17.5. The number of benzene rings is 2. The third-order valence-electron chi connectivity index (χ3n) is 5.44. The standard InChI is InChI=1S/C23H21FN6O2/c1-31-19-8-6-18(7-9-19)29-12-14-30(15-13-29)21-11-10-20(26-27-21)23-25-22(28-32-23)16-2-4-17(24)5-3-16/h2-11H,12-15H2,1H3. The molecule has 4 aromatic rings. The van der Waals surface area contributed by atoms with Gasteiger partial charge in [-0.1, -0.05) is 5.16 Å². The number of halogens is 1. The van der Waals surface area contributed by atoms with E-state index in [0.29, 0.717) is 17.1 Å². The number of aromatic nitrogens is 4. The summed E-state index contributed by atoms with van der Waals surface area (Å²) >= 11 is 0. The molecule has 0 spiro atoms. The summed E-state index contributed by atoms with van der Waals surface area (Å²) in [6, 6.07) is 17.8. The number of piperazine rings is 1. The Balaban J connectivity index is 1.23. The highest BCUT2D eigenvalue weighted by Gasteiger charge is 2.20. The molecule has 5 rings (SSSR count). The van der Waals surface area contributed by atoms with E-state index in [2.05, 4.69) is 42.3 Å². The Labute approximate surface area is 184 Å². The summed E-state index contributed by atoms with van der Waals surface area (Å²) in [6.45, 7) is 3.46. The van der Waals surface area contributed by atoms with Crippen molar-refractivity contribution in [1.29, 1.82) is 0 Å². The van der Waals surface area contributed by atoms with E-state index in [4.69, 9.17) is 9.26 Å². The second kappa shape index (κ2) is 8.62. The van der Waals surface area contributed by atoms with Crippen molar-refractivity contribution >= 4 is 11.5 Å². The zero-order valence-corrected chi connectivity index (χ0v) is 17.5. The van der Waals surface area contributed by atoms with Gasteiger partial charge in [-0.2, -0.15) is 4.98 Å². The molecule has 32 heavy (non-hydrogen) atoms. The number of ether oxygens (including phenoxy) is 1. The van der Waals surface area contributed by atoms with Gasteiger partial charge in [0.15, 0.2) is 11.5 Å². The second-order valence-corrected chi connectivity index (χ2v) is 7.38. The van der Waals surface area contributed by atoms with Crippen LogP contribution in [0.15, 0.2) is 65.2 Å². The van der Waals surface area contributed by atoms with Gasteiger partial charge in [-0.15, -0.1) is 10.2 Å². The number of methoxy groups -OCH3 is 1. The monoisotopic (exact) mass is 432 g/mol. The van der Waals surface area contributed by atoms with Gasteiger partial charge >= 0.3 is 0 Å². The molecule has 0 aliphatic carbocycles. The number of rotatable bonds is 5. The van der Waals surface area contributed by atoms with E-state index >= 15 is 0 Å². The van der Waals surface area contributed by atoms with E-state index in [0.717, 1.165) is 37.7 Å². The van der Waals surface area contributed by atoms with Crippen LogP contribution in [-0.4, -0.2) is 53.6 Å². The number of hydrogen-bond acceptors (Lipinski definition) is 8. The molecule has 0 radical (unpaired) electrons. The Kier molecular flexibility index (Phi) is 5.37. The Bertz CT molecular complexity index is 1170. The lowest BCUT2D eigenvalue weighted by molar-refractivity contribution is 0.415. The maximum absolute atomic E-state index is 13.1. The third kappa shape index (κ3) is 4.09. The van der Waals surface area contributed by atoms with Gasteiger partial charge in [0.2, 0.25) is 5.82 Å². The highest BCUT2D eigenvalue weighted by atomic mass is 19.1. The summed E-state index contributed by atoms with van der Waals surface area (Å²) in [5, 5.41) is 12.6. The SMILES string of the molecule is COc1ccc(N2CCN(c3ccc(-c4nc(-c5ccc(F)cc5)no4)nn3)CC2)cc1. The minimum absolute atomic E-state index is 0.271. The second-order valence-electron chi connectivity index (χ2n) is 7.38. The Morgan fingerprint density at radius 3 is 2.22 bits per heavy atom. The average molecular weight is 432 g/mol. The molecule has 0 bridgehead atoms. The van der Waals surface area contributed by atoms with Gasteiger partial charge in [-0.05, 0) is 60.7 Å². The predicted molar refractivity (Wildman–Crippen MR) is 118 cm³/mol. The van der Waals surface area contributed by atoms with Gasteiger partial charge in [-0.25, -0.2) is 4.39 Å². The van der Waals surface area contributed by atoms with Crippen molar-refractivity contribution in [3.63, 3.8) is 0 Å². The lowest BCUT2D eigenvalue weighted by atomic mass is 10.2. The number of nitrogens with zero attached hydrogens (tertiary/aromatic N) is 6. The van der Waals surface area contributed by atoms with Crippen LogP contribution in [0.4, 0.5) is 15.9 Å². The summed E-state index contributed by atoms with van der Waals surface area (Å²) in [5.41, 5.74) is 2.34. The van der Waals surface area contributed by atoms with E-state index in [-0.39, 0.29) is 11.7 Å². The fourth-order valence-corrected chi connectivity index (χ4v) is 3.64. The van der Waals surface area contributed by atoms with Gasteiger partial charge in [0, 0.05) is 37.4 Å². The van der Waals surface area contributed by atoms with Crippen molar-refractivity contribution in [2.75, 3.05) is 43.1 Å². The van der Waals surface area contributed by atoms with Gasteiger partial charge in [0.25, 0.3) is 5.89 Å². The Morgan fingerprint density at radius 2 is 1.56 bits per heavy atom. The molecule has 2 aromatic heterocycles. The van der Waals surface area contributed by atoms with Gasteiger partial charge < -0.3 is 19.1 Å². The number of anilines is 2. The summed E-state index contributed by atoms with van der Waals surface area (Å²) in [4.78, 5) is 8.89. The first-order valence-electron chi connectivity index (χ1n) is 10.3. The number of hydrogen-bond donors (Lipinski definition) is 0. The van der Waals surface area contributed by atoms with E-state index in [9.17, 15) is 4.39 Å². The quantitative estimate of drug-likeness (QED) is 0.473. The molecule has 1 aliphatic heterocycles. The van der Waals surface area contributed by atoms with Gasteiger partial charge in [0.1, 0.15) is 11.6 Å². The molecule has 8 nitrogen and oxygen atoms in total. The summed E-state index contributed by atoms with van der Waals surface area (Å²) in [5.74, 6) is 1.99. The molecule has 2 aromatic carbocycles. The van der Waals surface area contributed by atoms with Crippen LogP contribution >= 0.6 is 0 Å². The maximum Gasteiger partial charge on any atom is 0.278 e. The van der Waals surface area contributed by atoms with Crippen molar-refractivity contribution in [3.05, 3.63) is 66.5 Å². The van der Waals surface area contributed by atoms with E-state index in [1.807, 2.05) is 24.3 Å². The minimum Gasteiger partial charge on any atom is -0.497 e. The summed E-state index contributed by atoms with van der Waals surface area (Å²) < 4.78 is 23.7. The fraction of sp³-hybridized carbons (Fsp3) is 0.217. The van der Waals surface area contributed by atoms with Crippen LogP contribution in [0.2, 0.25) is 0 Å². The molecular formula is C23H21FN6O2. The molecule has 9 heteroatoms. The highest BCUT2D eigenvalue weighted by Crippen LogP contribution is 2.24.